The van der Waals surface area contributed by atoms with Crippen LogP contribution in [0.2, 0.25) is 0 Å². The maximum absolute atomic E-state index is 13.1. The lowest BCUT2D eigenvalue weighted by Gasteiger charge is -2.71. The summed E-state index contributed by atoms with van der Waals surface area (Å²) in [7, 11) is 0. The fraction of sp³-hybridized carbons (Fsp3) is 0.936. The van der Waals surface area contributed by atoms with Crippen molar-refractivity contribution in [2.45, 2.75) is 205 Å². The van der Waals surface area contributed by atoms with Crippen molar-refractivity contribution < 1.29 is 84.3 Å². The molecule has 3 heterocycles. The van der Waals surface area contributed by atoms with E-state index in [1.807, 2.05) is 0 Å². The molecule has 0 aromatic heterocycles. The molecule has 0 aromatic carbocycles. The van der Waals surface area contributed by atoms with Crippen molar-refractivity contribution in [2.24, 2.45) is 50.2 Å². The van der Waals surface area contributed by atoms with Crippen molar-refractivity contribution in [2.75, 3.05) is 19.8 Å². The average molecular weight is 913 g/mol. The first kappa shape index (κ1) is 49.0. The number of aliphatic hydroxyl groups is 9. The van der Waals surface area contributed by atoms with Gasteiger partial charge in [-0.15, -0.1) is 0 Å². The number of hydrogen-bond acceptors (Lipinski definition) is 16. The van der Waals surface area contributed by atoms with Crippen LogP contribution in [0, 0.1) is 50.2 Å². The van der Waals surface area contributed by atoms with Gasteiger partial charge in [0, 0.05) is 5.41 Å². The van der Waals surface area contributed by atoms with E-state index in [4.69, 9.17) is 28.4 Å². The molecule has 8 aliphatic rings. The molecule has 1 unspecified atom stereocenters. The van der Waals surface area contributed by atoms with Crippen molar-refractivity contribution in [1.29, 1.82) is 0 Å². The predicted octanol–water partition coefficient (Wildman–Crippen LogP) is 1.35. The van der Waals surface area contributed by atoms with Gasteiger partial charge in [-0.25, -0.2) is 0 Å². The summed E-state index contributed by atoms with van der Waals surface area (Å²) in [5.74, 6) is -0.300. The van der Waals surface area contributed by atoms with Gasteiger partial charge in [0.1, 0.15) is 61.0 Å². The topological polar surface area (TPSA) is 275 Å². The molecule has 17 nitrogen and oxygen atoms in total. The fourth-order valence-corrected chi connectivity index (χ4v) is 14.8. The van der Waals surface area contributed by atoms with E-state index in [1.165, 1.54) is 12.5 Å². The van der Waals surface area contributed by atoms with E-state index in [9.17, 15) is 55.9 Å². The number of aliphatic carboxylic acids is 1. The zero-order chi connectivity index (χ0) is 46.7. The van der Waals surface area contributed by atoms with Gasteiger partial charge in [0.2, 0.25) is 0 Å². The number of carboxylic acid groups (broad SMARTS) is 1. The Kier molecular flexibility index (Phi) is 13.2. The first-order valence-corrected chi connectivity index (χ1v) is 23.7. The minimum atomic E-state index is -1.80. The SMILES string of the molecule is C[C@@H]1O[C@@H](O[C@@H]2CO[C@@H](O[C@H]3CC[C@@]4(C)C(CC[C@]5(C)[C@@H]4CC=C4[C@H]6CC(C)(C)CC[C@]6(C(=O)O)CC[C@]45C)[C@]3(C)CO)[C@H](O)[C@H]2O)[C@H](O)[C@H](O[C@@H]2O[C@H](CO)[C@@H](O)[C@H](O)[C@H]2O)[C@H]1O. The van der Waals surface area contributed by atoms with E-state index in [2.05, 4.69) is 47.6 Å². The first-order chi connectivity index (χ1) is 29.9. The van der Waals surface area contributed by atoms with Crippen LogP contribution >= 0.6 is 0 Å². The molecule has 17 heteroatoms. The summed E-state index contributed by atoms with van der Waals surface area (Å²) in [5.41, 5.74) is -0.436. The third-order valence-corrected chi connectivity index (χ3v) is 19.1. The molecular weight excluding hydrogens is 837 g/mol. The smallest absolute Gasteiger partial charge is 0.310 e. The summed E-state index contributed by atoms with van der Waals surface area (Å²) < 4.78 is 35.4. The summed E-state index contributed by atoms with van der Waals surface area (Å²) in [5, 5.41) is 108. The van der Waals surface area contributed by atoms with Crippen LogP contribution in [0.1, 0.15) is 113 Å². The molecule has 3 aliphatic heterocycles. The largest absolute Gasteiger partial charge is 0.481 e. The Bertz CT molecular complexity index is 1750. The lowest BCUT2D eigenvalue weighted by atomic mass is 9.33. The van der Waals surface area contributed by atoms with Gasteiger partial charge < -0.3 is 79.5 Å². The Labute approximate surface area is 376 Å². The van der Waals surface area contributed by atoms with Crippen LogP contribution in [-0.4, -0.2) is 169 Å². The highest BCUT2D eigenvalue weighted by Crippen LogP contribution is 2.76. The quantitative estimate of drug-likeness (QED) is 0.116. The zero-order valence-corrected chi connectivity index (χ0v) is 38.5. The van der Waals surface area contributed by atoms with E-state index < -0.39 is 116 Å². The van der Waals surface area contributed by atoms with Gasteiger partial charge in [-0.2, -0.15) is 0 Å². The van der Waals surface area contributed by atoms with Crippen LogP contribution in [0.4, 0.5) is 0 Å². The van der Waals surface area contributed by atoms with Gasteiger partial charge >= 0.3 is 5.97 Å². The molecular formula is C47H76O17. The third kappa shape index (κ3) is 7.49. The third-order valence-electron chi connectivity index (χ3n) is 19.1. The molecule has 23 atom stereocenters. The molecule has 5 aliphatic carbocycles. The molecule has 64 heavy (non-hydrogen) atoms. The molecule has 10 N–H and O–H groups in total. The highest BCUT2D eigenvalue weighted by Gasteiger charge is 2.70. The van der Waals surface area contributed by atoms with Crippen molar-refractivity contribution in [3.8, 4) is 0 Å². The molecule has 366 valence electrons. The van der Waals surface area contributed by atoms with E-state index in [0.29, 0.717) is 19.3 Å². The van der Waals surface area contributed by atoms with Crippen molar-refractivity contribution in [3.63, 3.8) is 0 Å². The molecule has 0 bridgehead atoms. The van der Waals surface area contributed by atoms with Crippen LogP contribution in [-0.2, 0) is 33.2 Å². The van der Waals surface area contributed by atoms with Crippen molar-refractivity contribution in [1.82, 2.24) is 0 Å². The molecule has 3 saturated heterocycles. The molecule has 0 amide bonds. The van der Waals surface area contributed by atoms with Crippen LogP contribution in [0.25, 0.3) is 0 Å². The Morgan fingerprint density at radius 3 is 2.06 bits per heavy atom. The maximum Gasteiger partial charge on any atom is 0.310 e. The number of rotatable bonds is 9. The number of ether oxygens (including phenoxy) is 6. The molecule has 7 fully saturated rings. The van der Waals surface area contributed by atoms with E-state index in [0.717, 1.165) is 44.9 Å². The van der Waals surface area contributed by atoms with Gasteiger partial charge in [-0.05, 0) is 111 Å². The number of aliphatic hydroxyl groups excluding tert-OH is 9. The monoisotopic (exact) mass is 913 g/mol. The second-order valence-electron chi connectivity index (χ2n) is 22.9. The van der Waals surface area contributed by atoms with Gasteiger partial charge in [0.25, 0.3) is 0 Å². The Morgan fingerprint density at radius 1 is 0.719 bits per heavy atom. The Balaban J connectivity index is 0.941. The van der Waals surface area contributed by atoms with Crippen LogP contribution in [0.15, 0.2) is 11.6 Å². The molecule has 4 saturated carbocycles. The predicted molar refractivity (Wildman–Crippen MR) is 225 cm³/mol. The fourth-order valence-electron chi connectivity index (χ4n) is 14.8. The maximum atomic E-state index is 13.1. The molecule has 0 radical (unpaired) electrons. The normalized spacial score (nSPS) is 55.0. The molecule has 8 rings (SSSR count). The Morgan fingerprint density at radius 2 is 1.39 bits per heavy atom. The van der Waals surface area contributed by atoms with Gasteiger partial charge in [-0.3, -0.25) is 4.79 Å². The number of hydrogen-bond donors (Lipinski definition) is 10. The summed E-state index contributed by atoms with van der Waals surface area (Å²) in [6, 6.07) is 0. The minimum Gasteiger partial charge on any atom is -0.481 e. The standard InChI is InChI=1S/C47H76O17/c1-22-30(50)37(64-39-35(55)33(53)31(51)25(19-48)61-39)36(56)40(60-22)62-26-20-59-38(34(54)32(26)52)63-29-11-12-43(4)27(44(29,5)21-49)10-13-46(7)28(43)9-8-23-24-18-42(2,3)14-16-47(24,41(57)58)17-15-45(23,46)6/h8,22,24-40,48-56H,9-21H2,1-7H3,(H,57,58)/t22-,24+,25+,26+,27?,28+,29-,30-,31+,32-,33-,34+,35+,36+,37+,38-,39-,40-,43-,44-,45+,46+,47-/m0/s1. The Hall–Kier alpha value is -1.39. The number of carboxylic acids is 1. The van der Waals surface area contributed by atoms with Gasteiger partial charge in [0.15, 0.2) is 18.9 Å². The first-order valence-electron chi connectivity index (χ1n) is 23.7. The molecule has 0 aromatic rings. The minimum absolute atomic E-state index is 0.0117. The van der Waals surface area contributed by atoms with Gasteiger partial charge in [0.05, 0.1) is 37.4 Å². The second kappa shape index (κ2) is 17.2. The summed E-state index contributed by atoms with van der Waals surface area (Å²) >= 11 is 0. The van der Waals surface area contributed by atoms with E-state index in [-0.39, 0.29) is 52.6 Å². The number of fused-ring (bicyclic) bond motifs is 7. The zero-order valence-electron chi connectivity index (χ0n) is 38.5. The lowest BCUT2D eigenvalue weighted by molar-refractivity contribution is -0.373. The van der Waals surface area contributed by atoms with Crippen molar-refractivity contribution in [3.05, 3.63) is 11.6 Å². The van der Waals surface area contributed by atoms with Crippen LogP contribution in [0.5, 0.6) is 0 Å². The molecule has 0 spiro atoms. The van der Waals surface area contributed by atoms with Crippen LogP contribution < -0.4 is 0 Å². The summed E-state index contributed by atoms with van der Waals surface area (Å²) in [4.78, 5) is 13.1. The average Bonchev–Trinajstić information content (AvgIpc) is 3.24. The number of allylic oxidation sites excluding steroid dienone is 2. The van der Waals surface area contributed by atoms with E-state index >= 15 is 0 Å². The summed E-state index contributed by atoms with van der Waals surface area (Å²) in [6.45, 7) is 14.2. The van der Waals surface area contributed by atoms with Crippen molar-refractivity contribution >= 4 is 5.97 Å². The van der Waals surface area contributed by atoms with Crippen LogP contribution in [0.3, 0.4) is 0 Å². The number of carbonyl (C=O) groups is 1. The second-order valence-corrected chi connectivity index (χ2v) is 22.9. The van der Waals surface area contributed by atoms with Gasteiger partial charge in [-0.1, -0.05) is 53.2 Å². The van der Waals surface area contributed by atoms with E-state index in [1.54, 1.807) is 0 Å². The highest BCUT2D eigenvalue weighted by molar-refractivity contribution is 5.76. The summed E-state index contributed by atoms with van der Waals surface area (Å²) in [6.07, 6.45) is -11.3. The highest BCUT2D eigenvalue weighted by atomic mass is 16.8. The lowest BCUT2D eigenvalue weighted by Crippen LogP contribution is -2.67.